The molecule has 1 aliphatic heterocycles. The fourth-order valence-electron chi connectivity index (χ4n) is 1.86. The van der Waals surface area contributed by atoms with Crippen LogP contribution in [-0.4, -0.2) is 24.1 Å². The van der Waals surface area contributed by atoms with Crippen molar-refractivity contribution >= 4 is 11.5 Å². The number of aromatic amines is 1. The Bertz CT molecular complexity index is 281. The summed E-state index contributed by atoms with van der Waals surface area (Å²) in [5.74, 6) is 1.02. The second-order valence-corrected chi connectivity index (χ2v) is 3.63. The van der Waals surface area contributed by atoms with Crippen LogP contribution < -0.4 is 16.4 Å². The molecule has 13 heavy (non-hydrogen) atoms. The Morgan fingerprint density at radius 1 is 1.54 bits per heavy atom. The van der Waals surface area contributed by atoms with Crippen molar-refractivity contribution in [3.05, 3.63) is 12.3 Å². The molecule has 1 aromatic heterocycles. The highest BCUT2D eigenvalue weighted by atomic mass is 15.2. The minimum Gasteiger partial charge on any atom is -0.396 e. The van der Waals surface area contributed by atoms with Crippen LogP contribution in [0.5, 0.6) is 0 Å². The summed E-state index contributed by atoms with van der Waals surface area (Å²) in [5, 5.41) is 0. The molecule has 72 valence electrons. The molecular formula is C9H16N4. The van der Waals surface area contributed by atoms with E-state index < -0.39 is 0 Å². The molecule has 1 aliphatic rings. The highest BCUT2D eigenvalue weighted by Crippen LogP contribution is 2.23. The van der Waals surface area contributed by atoms with E-state index in [4.69, 9.17) is 11.5 Å². The summed E-state index contributed by atoms with van der Waals surface area (Å²) in [6.45, 7) is 1.96. The average molecular weight is 180 g/mol. The summed E-state index contributed by atoms with van der Waals surface area (Å²) in [4.78, 5) is 5.37. The highest BCUT2D eigenvalue weighted by molar-refractivity contribution is 5.63. The lowest BCUT2D eigenvalue weighted by Gasteiger charge is -2.31. The largest absolute Gasteiger partial charge is 0.396 e. The number of nitrogens with one attached hydrogen (secondary N) is 1. The molecular weight excluding hydrogens is 164 g/mol. The van der Waals surface area contributed by atoms with Gasteiger partial charge in [-0.25, -0.2) is 0 Å². The third-order valence-corrected chi connectivity index (χ3v) is 2.53. The van der Waals surface area contributed by atoms with Crippen LogP contribution in [0.3, 0.4) is 0 Å². The number of hydrogen-bond acceptors (Lipinski definition) is 3. The van der Waals surface area contributed by atoms with Gasteiger partial charge in [0, 0.05) is 25.3 Å². The van der Waals surface area contributed by atoms with Crippen LogP contribution in [0, 0.1) is 0 Å². The fraction of sp³-hybridized carbons (Fsp3) is 0.556. The summed E-state index contributed by atoms with van der Waals surface area (Å²) in [7, 11) is 0. The SMILES string of the molecule is Nc1cc[nH]c1N1CCCC(N)C1. The molecule has 0 amide bonds. The van der Waals surface area contributed by atoms with Gasteiger partial charge in [0.05, 0.1) is 5.69 Å². The minimum atomic E-state index is 0.288. The Labute approximate surface area is 77.9 Å². The minimum absolute atomic E-state index is 0.288. The van der Waals surface area contributed by atoms with Crippen LogP contribution >= 0.6 is 0 Å². The second-order valence-electron chi connectivity index (χ2n) is 3.63. The van der Waals surface area contributed by atoms with E-state index >= 15 is 0 Å². The number of rotatable bonds is 1. The molecule has 0 aromatic carbocycles. The van der Waals surface area contributed by atoms with Gasteiger partial charge >= 0.3 is 0 Å². The van der Waals surface area contributed by atoms with Gasteiger partial charge in [0.25, 0.3) is 0 Å². The zero-order valence-electron chi connectivity index (χ0n) is 7.66. The maximum atomic E-state index is 5.88. The van der Waals surface area contributed by atoms with Gasteiger partial charge in [-0.2, -0.15) is 0 Å². The Kier molecular flexibility index (Phi) is 2.14. The van der Waals surface area contributed by atoms with Gasteiger partial charge in [0.1, 0.15) is 5.82 Å². The fourth-order valence-corrected chi connectivity index (χ4v) is 1.86. The van der Waals surface area contributed by atoms with Crippen molar-refractivity contribution < 1.29 is 0 Å². The number of nitrogens with two attached hydrogens (primary N) is 2. The van der Waals surface area contributed by atoms with Gasteiger partial charge in [-0.3, -0.25) is 0 Å². The van der Waals surface area contributed by atoms with Crippen molar-refractivity contribution in [3.63, 3.8) is 0 Å². The highest BCUT2D eigenvalue weighted by Gasteiger charge is 2.18. The zero-order chi connectivity index (χ0) is 9.26. The molecule has 0 aliphatic carbocycles. The Morgan fingerprint density at radius 2 is 2.38 bits per heavy atom. The second kappa shape index (κ2) is 3.30. The number of hydrogen-bond donors (Lipinski definition) is 3. The quantitative estimate of drug-likeness (QED) is 0.590. The average Bonchev–Trinajstić information content (AvgIpc) is 2.51. The summed E-state index contributed by atoms with van der Waals surface area (Å²) in [6.07, 6.45) is 4.14. The predicted octanol–water partition coefficient (Wildman–Crippen LogP) is 0.524. The molecule has 1 saturated heterocycles. The molecule has 0 spiro atoms. The maximum absolute atomic E-state index is 5.88. The molecule has 4 nitrogen and oxygen atoms in total. The topological polar surface area (TPSA) is 71.1 Å². The van der Waals surface area contributed by atoms with Gasteiger partial charge < -0.3 is 21.4 Å². The first-order valence-corrected chi connectivity index (χ1v) is 4.71. The third-order valence-electron chi connectivity index (χ3n) is 2.53. The number of anilines is 2. The Morgan fingerprint density at radius 3 is 3.00 bits per heavy atom. The number of nitrogens with zero attached hydrogens (tertiary/aromatic N) is 1. The Balaban J connectivity index is 2.12. The van der Waals surface area contributed by atoms with E-state index in [1.54, 1.807) is 0 Å². The standard InChI is InChI=1S/C9H16N4/c10-7-2-1-5-13(6-7)9-8(11)3-4-12-9/h3-4,7,12H,1-2,5-6,10-11H2. The van der Waals surface area contributed by atoms with Crippen LogP contribution in [0.2, 0.25) is 0 Å². The van der Waals surface area contributed by atoms with Crippen LogP contribution in [-0.2, 0) is 0 Å². The van der Waals surface area contributed by atoms with Crippen LogP contribution in [0.1, 0.15) is 12.8 Å². The summed E-state index contributed by atoms with van der Waals surface area (Å²) >= 11 is 0. The first kappa shape index (κ1) is 8.44. The summed E-state index contributed by atoms with van der Waals surface area (Å²) < 4.78 is 0. The van der Waals surface area contributed by atoms with Crippen LogP contribution in [0.25, 0.3) is 0 Å². The zero-order valence-corrected chi connectivity index (χ0v) is 7.66. The smallest absolute Gasteiger partial charge is 0.129 e. The lowest BCUT2D eigenvalue weighted by atomic mass is 10.1. The lowest BCUT2D eigenvalue weighted by Crippen LogP contribution is -2.43. The molecule has 4 heteroatoms. The number of piperidine rings is 1. The molecule has 0 radical (unpaired) electrons. The monoisotopic (exact) mass is 180 g/mol. The molecule has 1 fully saturated rings. The van der Waals surface area contributed by atoms with E-state index in [-0.39, 0.29) is 6.04 Å². The predicted molar refractivity (Wildman–Crippen MR) is 54.6 cm³/mol. The van der Waals surface area contributed by atoms with Gasteiger partial charge in [-0.1, -0.05) is 0 Å². The van der Waals surface area contributed by atoms with E-state index in [1.165, 1.54) is 0 Å². The molecule has 0 saturated carbocycles. The van der Waals surface area contributed by atoms with Crippen molar-refractivity contribution in [1.82, 2.24) is 4.98 Å². The van der Waals surface area contributed by atoms with Crippen molar-refractivity contribution in [2.45, 2.75) is 18.9 Å². The van der Waals surface area contributed by atoms with Crippen molar-refractivity contribution in [3.8, 4) is 0 Å². The molecule has 1 atom stereocenters. The van der Waals surface area contributed by atoms with Gasteiger partial charge in [-0.15, -0.1) is 0 Å². The normalized spacial score (nSPS) is 23.5. The molecule has 0 bridgehead atoms. The first-order chi connectivity index (χ1) is 6.27. The van der Waals surface area contributed by atoms with Crippen molar-refractivity contribution in [1.29, 1.82) is 0 Å². The molecule has 2 rings (SSSR count). The maximum Gasteiger partial charge on any atom is 0.129 e. The molecule has 1 aromatic rings. The van der Waals surface area contributed by atoms with Crippen molar-refractivity contribution in [2.75, 3.05) is 23.7 Å². The lowest BCUT2D eigenvalue weighted by molar-refractivity contribution is 0.504. The van der Waals surface area contributed by atoms with E-state index in [1.807, 2.05) is 12.3 Å². The van der Waals surface area contributed by atoms with Gasteiger partial charge in [-0.05, 0) is 18.9 Å². The molecule has 2 heterocycles. The van der Waals surface area contributed by atoms with E-state index in [0.29, 0.717) is 0 Å². The van der Waals surface area contributed by atoms with Crippen molar-refractivity contribution in [2.24, 2.45) is 5.73 Å². The number of aromatic nitrogens is 1. The first-order valence-electron chi connectivity index (χ1n) is 4.71. The summed E-state index contributed by atoms with van der Waals surface area (Å²) in [5.41, 5.74) is 12.5. The van der Waals surface area contributed by atoms with E-state index in [9.17, 15) is 0 Å². The van der Waals surface area contributed by atoms with E-state index in [2.05, 4.69) is 9.88 Å². The van der Waals surface area contributed by atoms with Crippen LogP contribution in [0.15, 0.2) is 12.3 Å². The number of nitrogen functional groups attached to an aromatic ring is 1. The van der Waals surface area contributed by atoms with E-state index in [0.717, 1.165) is 37.4 Å². The third kappa shape index (κ3) is 1.62. The summed E-state index contributed by atoms with van der Waals surface area (Å²) in [6, 6.07) is 2.17. The number of H-pyrrole nitrogens is 1. The molecule has 5 N–H and O–H groups in total. The molecule has 1 unspecified atom stereocenters. The van der Waals surface area contributed by atoms with Gasteiger partial charge in [0.15, 0.2) is 0 Å². The van der Waals surface area contributed by atoms with Gasteiger partial charge in [0.2, 0.25) is 0 Å². The van der Waals surface area contributed by atoms with Crippen LogP contribution in [0.4, 0.5) is 11.5 Å². The Hall–Kier alpha value is -1.16.